The summed E-state index contributed by atoms with van der Waals surface area (Å²) in [5.41, 5.74) is 1.95. The van der Waals surface area contributed by atoms with E-state index in [-0.39, 0.29) is 0 Å². The minimum absolute atomic E-state index is 0.383. The Morgan fingerprint density at radius 1 is 1.21 bits per heavy atom. The number of hydrogen-bond donors (Lipinski definition) is 1. The number of carbonyl (C=O) groups is 1. The number of hydrogen-bond acceptors (Lipinski definition) is 4. The number of benzene rings is 2. The Balaban J connectivity index is 2.04. The summed E-state index contributed by atoms with van der Waals surface area (Å²) in [6.45, 7) is 2.85. The van der Waals surface area contributed by atoms with Crippen molar-refractivity contribution in [3.05, 3.63) is 47.5 Å². The SMILES string of the molecule is CC(C)(C(=O)O)S(=O)c1ccc2c(-c3ccc(Cl)cc3)noc2c1. The molecule has 0 saturated heterocycles. The molecule has 1 N–H and O–H groups in total. The van der Waals surface area contributed by atoms with E-state index in [9.17, 15) is 14.1 Å². The van der Waals surface area contributed by atoms with Gasteiger partial charge in [0, 0.05) is 26.9 Å². The van der Waals surface area contributed by atoms with Gasteiger partial charge in [0.15, 0.2) is 5.58 Å². The Morgan fingerprint density at radius 3 is 2.50 bits per heavy atom. The first-order chi connectivity index (χ1) is 11.3. The maximum Gasteiger partial charge on any atom is 0.322 e. The van der Waals surface area contributed by atoms with Crippen LogP contribution in [0.25, 0.3) is 22.2 Å². The van der Waals surface area contributed by atoms with Crippen molar-refractivity contribution in [1.82, 2.24) is 5.16 Å². The highest BCUT2D eigenvalue weighted by Crippen LogP contribution is 2.31. The number of rotatable bonds is 4. The summed E-state index contributed by atoms with van der Waals surface area (Å²) < 4.78 is 16.5. The fourth-order valence-electron chi connectivity index (χ4n) is 2.22. The predicted octanol–water partition coefficient (Wildman–Crippen LogP) is 4.12. The third kappa shape index (κ3) is 2.83. The van der Waals surface area contributed by atoms with E-state index in [1.54, 1.807) is 30.3 Å². The summed E-state index contributed by atoms with van der Waals surface area (Å²) >= 11 is 5.89. The van der Waals surface area contributed by atoms with Crippen molar-refractivity contribution >= 4 is 39.3 Å². The zero-order chi connectivity index (χ0) is 17.5. The molecule has 1 heterocycles. The molecule has 0 aliphatic carbocycles. The zero-order valence-electron chi connectivity index (χ0n) is 12.9. The van der Waals surface area contributed by atoms with Crippen molar-refractivity contribution in [1.29, 1.82) is 0 Å². The van der Waals surface area contributed by atoms with Crippen molar-refractivity contribution < 1.29 is 18.6 Å². The number of fused-ring (bicyclic) bond motifs is 1. The van der Waals surface area contributed by atoms with Gasteiger partial charge in [0.1, 0.15) is 10.4 Å². The van der Waals surface area contributed by atoms with Crippen molar-refractivity contribution in [2.24, 2.45) is 0 Å². The molecule has 3 rings (SSSR count). The molecule has 1 aromatic heterocycles. The molecule has 7 heteroatoms. The third-order valence-electron chi connectivity index (χ3n) is 3.75. The monoisotopic (exact) mass is 363 g/mol. The Bertz CT molecular complexity index is 947. The first-order valence-electron chi connectivity index (χ1n) is 7.11. The Hall–Kier alpha value is -2.18. The lowest BCUT2D eigenvalue weighted by atomic mass is 10.1. The second-order valence-corrected chi connectivity index (χ2v) is 8.25. The van der Waals surface area contributed by atoms with Crippen LogP contribution < -0.4 is 0 Å². The van der Waals surface area contributed by atoms with E-state index in [2.05, 4.69) is 5.16 Å². The van der Waals surface area contributed by atoms with Crippen molar-refractivity contribution in [3.63, 3.8) is 0 Å². The van der Waals surface area contributed by atoms with Crippen LogP contribution in [0.3, 0.4) is 0 Å². The second-order valence-electron chi connectivity index (χ2n) is 5.78. The van der Waals surface area contributed by atoms with Gasteiger partial charge in [-0.1, -0.05) is 28.9 Å². The van der Waals surface area contributed by atoms with Gasteiger partial charge < -0.3 is 9.63 Å². The van der Waals surface area contributed by atoms with Crippen molar-refractivity contribution in [2.45, 2.75) is 23.5 Å². The normalized spacial score (nSPS) is 13.1. The number of nitrogens with zero attached hydrogens (tertiary/aromatic N) is 1. The number of halogens is 1. The molecule has 0 amide bonds. The van der Waals surface area contributed by atoms with Crippen LogP contribution in [0.2, 0.25) is 5.02 Å². The number of carboxylic acid groups (broad SMARTS) is 1. The molecule has 5 nitrogen and oxygen atoms in total. The lowest BCUT2D eigenvalue weighted by Gasteiger charge is -2.18. The Morgan fingerprint density at radius 2 is 1.88 bits per heavy atom. The average molecular weight is 364 g/mol. The van der Waals surface area contributed by atoms with Gasteiger partial charge in [0.05, 0.1) is 10.8 Å². The first-order valence-corrected chi connectivity index (χ1v) is 8.64. The summed E-state index contributed by atoms with van der Waals surface area (Å²) in [6, 6.07) is 12.1. The fourth-order valence-corrected chi connectivity index (χ4v) is 3.50. The summed E-state index contributed by atoms with van der Waals surface area (Å²) in [4.78, 5) is 11.7. The maximum absolute atomic E-state index is 12.5. The predicted molar refractivity (Wildman–Crippen MR) is 92.6 cm³/mol. The topological polar surface area (TPSA) is 80.4 Å². The molecule has 24 heavy (non-hydrogen) atoms. The second kappa shape index (κ2) is 6.03. The van der Waals surface area contributed by atoms with Gasteiger partial charge >= 0.3 is 5.97 Å². The van der Waals surface area contributed by atoms with E-state index >= 15 is 0 Å². The van der Waals surface area contributed by atoms with Crippen molar-refractivity contribution in [3.8, 4) is 11.3 Å². The molecule has 0 fully saturated rings. The highest BCUT2D eigenvalue weighted by atomic mass is 35.5. The van der Waals surface area contributed by atoms with Crippen LogP contribution in [0.1, 0.15) is 13.8 Å². The van der Waals surface area contributed by atoms with Crippen LogP contribution in [0, 0.1) is 0 Å². The van der Waals surface area contributed by atoms with Crippen LogP contribution in [-0.2, 0) is 15.6 Å². The van der Waals surface area contributed by atoms with E-state index in [0.29, 0.717) is 21.2 Å². The van der Waals surface area contributed by atoms with E-state index in [1.165, 1.54) is 13.8 Å². The zero-order valence-corrected chi connectivity index (χ0v) is 14.5. The van der Waals surface area contributed by atoms with Crippen LogP contribution in [0.4, 0.5) is 0 Å². The molecular formula is C17H14ClNO4S. The molecule has 124 valence electrons. The maximum atomic E-state index is 12.5. The largest absolute Gasteiger partial charge is 0.480 e. The molecule has 1 atom stereocenters. The highest BCUT2D eigenvalue weighted by molar-refractivity contribution is 7.87. The third-order valence-corrected chi connectivity index (χ3v) is 5.79. The molecule has 3 aromatic rings. The van der Waals surface area contributed by atoms with Gasteiger partial charge in [-0.05, 0) is 38.1 Å². The fraction of sp³-hybridized carbons (Fsp3) is 0.176. The number of aliphatic carboxylic acids is 1. The van der Waals surface area contributed by atoms with Crippen LogP contribution in [-0.4, -0.2) is 25.2 Å². The molecule has 0 bridgehead atoms. The van der Waals surface area contributed by atoms with Gasteiger partial charge in [-0.15, -0.1) is 0 Å². The minimum atomic E-state index is -1.72. The van der Waals surface area contributed by atoms with E-state index in [1.807, 2.05) is 12.1 Å². The Kier molecular flexibility index (Phi) is 4.19. The minimum Gasteiger partial charge on any atom is -0.480 e. The van der Waals surface area contributed by atoms with Crippen LogP contribution >= 0.6 is 11.6 Å². The molecule has 0 aliphatic rings. The van der Waals surface area contributed by atoms with E-state index in [0.717, 1.165) is 10.9 Å². The Labute approximate surface area is 145 Å². The summed E-state index contributed by atoms with van der Waals surface area (Å²) in [7, 11) is -1.72. The van der Waals surface area contributed by atoms with Crippen LogP contribution in [0.15, 0.2) is 51.9 Å². The van der Waals surface area contributed by atoms with E-state index in [4.69, 9.17) is 16.1 Å². The lowest BCUT2D eigenvalue weighted by Crippen LogP contribution is -2.36. The van der Waals surface area contributed by atoms with Gasteiger partial charge in [0.25, 0.3) is 0 Å². The van der Waals surface area contributed by atoms with Gasteiger partial charge in [-0.25, -0.2) is 0 Å². The summed E-state index contributed by atoms with van der Waals surface area (Å²) in [5.74, 6) is -1.12. The molecular weight excluding hydrogens is 350 g/mol. The standard InChI is InChI=1S/C17H14ClNO4S/c1-17(2,16(20)21)24(22)12-7-8-13-14(9-12)23-19-15(13)10-3-5-11(18)6-4-10/h3-9H,1-2H3,(H,20,21). The highest BCUT2D eigenvalue weighted by Gasteiger charge is 2.35. The van der Waals surface area contributed by atoms with Gasteiger partial charge in [0.2, 0.25) is 0 Å². The molecule has 0 aliphatic heterocycles. The molecule has 0 radical (unpaired) electrons. The number of aromatic nitrogens is 1. The average Bonchev–Trinajstić information content (AvgIpc) is 2.97. The molecule has 0 saturated carbocycles. The van der Waals surface area contributed by atoms with Gasteiger partial charge in [-0.3, -0.25) is 9.00 Å². The molecule has 2 aromatic carbocycles. The first kappa shape index (κ1) is 16.7. The summed E-state index contributed by atoms with van der Waals surface area (Å²) in [5, 5.41) is 14.7. The molecule has 1 unspecified atom stereocenters. The lowest BCUT2D eigenvalue weighted by molar-refractivity contribution is -0.139. The summed E-state index contributed by atoms with van der Waals surface area (Å²) in [6.07, 6.45) is 0. The number of carboxylic acids is 1. The van der Waals surface area contributed by atoms with Crippen molar-refractivity contribution in [2.75, 3.05) is 0 Å². The van der Waals surface area contributed by atoms with Gasteiger partial charge in [-0.2, -0.15) is 0 Å². The van der Waals surface area contributed by atoms with Crippen LogP contribution in [0.5, 0.6) is 0 Å². The molecule has 0 spiro atoms. The smallest absolute Gasteiger partial charge is 0.322 e. The quantitative estimate of drug-likeness (QED) is 0.754. The van der Waals surface area contributed by atoms with E-state index < -0.39 is 21.5 Å².